The molecule has 28 heavy (non-hydrogen) atoms. The van der Waals surface area contributed by atoms with E-state index in [9.17, 15) is 4.79 Å². The largest absolute Gasteiger partial charge is 0.497 e. The third-order valence-electron chi connectivity index (χ3n) is 5.84. The number of aromatic nitrogens is 1. The van der Waals surface area contributed by atoms with Crippen molar-refractivity contribution >= 4 is 22.4 Å². The van der Waals surface area contributed by atoms with Crippen LogP contribution in [-0.4, -0.2) is 54.5 Å². The van der Waals surface area contributed by atoms with E-state index in [1.807, 2.05) is 49.5 Å². The van der Waals surface area contributed by atoms with Crippen LogP contribution in [0.2, 0.25) is 0 Å². The van der Waals surface area contributed by atoms with Gasteiger partial charge in [-0.15, -0.1) is 0 Å². The molecule has 1 aliphatic heterocycles. The Kier molecular flexibility index (Phi) is 5.09. The molecule has 1 aromatic heterocycles. The van der Waals surface area contributed by atoms with Gasteiger partial charge in [0.1, 0.15) is 5.75 Å². The van der Waals surface area contributed by atoms with Crippen LogP contribution < -0.4 is 9.64 Å². The fourth-order valence-corrected chi connectivity index (χ4v) is 4.16. The van der Waals surface area contributed by atoms with Crippen LogP contribution in [0.5, 0.6) is 5.75 Å². The number of piperazine rings is 1. The molecular weight excluding hydrogens is 350 g/mol. The van der Waals surface area contributed by atoms with Gasteiger partial charge in [-0.2, -0.15) is 0 Å². The number of para-hydroxylation sites is 1. The van der Waals surface area contributed by atoms with Crippen molar-refractivity contribution in [2.75, 3.05) is 31.6 Å². The van der Waals surface area contributed by atoms with E-state index in [0.29, 0.717) is 6.04 Å². The lowest BCUT2D eigenvalue weighted by Gasteiger charge is -2.43. The van der Waals surface area contributed by atoms with Crippen molar-refractivity contribution in [1.29, 1.82) is 0 Å². The minimum atomic E-state index is -0.139. The minimum absolute atomic E-state index is 0.139. The summed E-state index contributed by atoms with van der Waals surface area (Å²) in [5.41, 5.74) is 2.99. The molecule has 2 aromatic carbocycles. The summed E-state index contributed by atoms with van der Waals surface area (Å²) in [5.74, 6) is 1.05. The number of nitrogens with one attached hydrogen (secondary N) is 1. The van der Waals surface area contributed by atoms with Crippen LogP contribution in [0.1, 0.15) is 24.2 Å². The van der Waals surface area contributed by atoms with Crippen molar-refractivity contribution in [3.8, 4) is 5.75 Å². The predicted octanol–water partition coefficient (Wildman–Crippen LogP) is 3.96. The van der Waals surface area contributed by atoms with Gasteiger partial charge in [0.15, 0.2) is 5.78 Å². The lowest BCUT2D eigenvalue weighted by atomic mass is 10.0. The van der Waals surface area contributed by atoms with Crippen molar-refractivity contribution in [2.45, 2.75) is 25.9 Å². The zero-order chi connectivity index (χ0) is 19.7. The van der Waals surface area contributed by atoms with E-state index in [4.69, 9.17) is 4.74 Å². The van der Waals surface area contributed by atoms with Crippen LogP contribution in [-0.2, 0) is 0 Å². The molecule has 1 saturated heterocycles. The van der Waals surface area contributed by atoms with E-state index < -0.39 is 0 Å². The lowest BCUT2D eigenvalue weighted by molar-refractivity contribution is 0.0813. The molecule has 146 valence electrons. The zero-order valence-corrected chi connectivity index (χ0v) is 16.7. The van der Waals surface area contributed by atoms with E-state index in [0.717, 1.165) is 41.9 Å². The van der Waals surface area contributed by atoms with E-state index >= 15 is 0 Å². The second kappa shape index (κ2) is 7.68. The molecule has 2 atom stereocenters. The van der Waals surface area contributed by atoms with Crippen molar-refractivity contribution in [2.24, 2.45) is 0 Å². The molecule has 0 spiro atoms. The summed E-state index contributed by atoms with van der Waals surface area (Å²) < 4.78 is 5.26. The number of nitrogens with zero attached hydrogens (tertiary/aromatic N) is 2. The highest BCUT2D eigenvalue weighted by atomic mass is 16.5. The Labute approximate surface area is 165 Å². The van der Waals surface area contributed by atoms with E-state index in [1.54, 1.807) is 7.11 Å². The molecule has 1 N–H and O–H groups in total. The number of carbonyl (C=O) groups excluding carboxylic acids is 1. The van der Waals surface area contributed by atoms with Gasteiger partial charge >= 0.3 is 0 Å². The van der Waals surface area contributed by atoms with E-state index in [-0.39, 0.29) is 11.8 Å². The average Bonchev–Trinajstić information content (AvgIpc) is 3.17. The Bertz CT molecular complexity index is 963. The fourth-order valence-electron chi connectivity index (χ4n) is 4.16. The number of hydrogen-bond acceptors (Lipinski definition) is 4. The Morgan fingerprint density at radius 3 is 2.61 bits per heavy atom. The number of methoxy groups -OCH3 is 1. The van der Waals surface area contributed by atoms with Crippen LogP contribution in [0, 0.1) is 0 Å². The quantitative estimate of drug-likeness (QED) is 0.684. The van der Waals surface area contributed by atoms with Gasteiger partial charge in [0.2, 0.25) is 0 Å². The fraction of sp³-hybridized carbons (Fsp3) is 0.348. The van der Waals surface area contributed by atoms with Gasteiger partial charge in [-0.3, -0.25) is 9.69 Å². The topological polar surface area (TPSA) is 48.6 Å². The zero-order valence-electron chi connectivity index (χ0n) is 16.7. The summed E-state index contributed by atoms with van der Waals surface area (Å²) >= 11 is 0. The Balaban J connectivity index is 1.46. The van der Waals surface area contributed by atoms with Gasteiger partial charge in [0.25, 0.3) is 0 Å². The number of benzene rings is 2. The van der Waals surface area contributed by atoms with Gasteiger partial charge in [0.05, 0.1) is 13.2 Å². The number of H-pyrrole nitrogens is 1. The number of hydrogen-bond donors (Lipinski definition) is 1. The first-order chi connectivity index (χ1) is 13.6. The van der Waals surface area contributed by atoms with Crippen molar-refractivity contribution < 1.29 is 9.53 Å². The normalized spacial score (nSPS) is 19.0. The molecule has 0 aliphatic carbocycles. The minimum Gasteiger partial charge on any atom is -0.497 e. The van der Waals surface area contributed by atoms with Crippen LogP contribution in [0.25, 0.3) is 10.9 Å². The molecular formula is C23H27N3O2. The molecule has 4 rings (SSSR count). The third kappa shape index (κ3) is 3.38. The number of carbonyl (C=O) groups is 1. The maximum Gasteiger partial charge on any atom is 0.181 e. The first-order valence-electron chi connectivity index (χ1n) is 9.83. The highest BCUT2D eigenvalue weighted by Crippen LogP contribution is 2.26. The summed E-state index contributed by atoms with van der Waals surface area (Å²) in [6.45, 7) is 6.88. The molecule has 0 amide bonds. The molecule has 0 unspecified atom stereocenters. The van der Waals surface area contributed by atoms with Crippen LogP contribution in [0.4, 0.5) is 5.69 Å². The molecule has 0 radical (unpaired) electrons. The smallest absolute Gasteiger partial charge is 0.181 e. The first-order valence-corrected chi connectivity index (χ1v) is 9.83. The van der Waals surface area contributed by atoms with Crippen LogP contribution in [0.15, 0.2) is 54.7 Å². The van der Waals surface area contributed by atoms with Crippen molar-refractivity contribution in [3.05, 3.63) is 60.3 Å². The molecule has 0 bridgehead atoms. The monoisotopic (exact) mass is 377 g/mol. The molecule has 5 nitrogen and oxygen atoms in total. The van der Waals surface area contributed by atoms with Gasteiger partial charge in [-0.1, -0.05) is 18.2 Å². The summed E-state index contributed by atoms with van der Waals surface area (Å²) in [5, 5.41) is 1.00. The predicted molar refractivity (Wildman–Crippen MR) is 113 cm³/mol. The van der Waals surface area contributed by atoms with E-state index in [2.05, 4.69) is 33.8 Å². The van der Waals surface area contributed by atoms with Crippen LogP contribution >= 0.6 is 0 Å². The maximum atomic E-state index is 13.2. The van der Waals surface area contributed by atoms with Crippen molar-refractivity contribution in [1.82, 2.24) is 9.88 Å². The number of ether oxygens (including phenoxy) is 1. The summed E-state index contributed by atoms with van der Waals surface area (Å²) in [4.78, 5) is 21.1. The number of ketones is 1. The van der Waals surface area contributed by atoms with Gasteiger partial charge in [-0.25, -0.2) is 0 Å². The number of Topliss-reactive ketones (excluding diaryl/α,β-unsaturated/α-hetero) is 1. The molecule has 3 aromatic rings. The summed E-state index contributed by atoms with van der Waals surface area (Å²) in [6.07, 6.45) is 1.85. The van der Waals surface area contributed by atoms with Crippen molar-refractivity contribution in [3.63, 3.8) is 0 Å². The molecule has 5 heteroatoms. The number of aromatic amines is 1. The maximum absolute atomic E-state index is 13.2. The molecule has 2 heterocycles. The first kappa shape index (κ1) is 18.6. The summed E-state index contributed by atoms with van der Waals surface area (Å²) in [6, 6.07) is 16.4. The van der Waals surface area contributed by atoms with Gasteiger partial charge in [0, 0.05) is 54.0 Å². The highest BCUT2D eigenvalue weighted by molar-refractivity contribution is 6.10. The Hall–Kier alpha value is -2.79. The third-order valence-corrected chi connectivity index (χ3v) is 5.84. The number of fused-ring (bicyclic) bond motifs is 1. The number of anilines is 1. The van der Waals surface area contributed by atoms with Gasteiger partial charge < -0.3 is 14.6 Å². The summed E-state index contributed by atoms with van der Waals surface area (Å²) in [7, 11) is 1.68. The highest BCUT2D eigenvalue weighted by Gasteiger charge is 2.31. The molecule has 0 saturated carbocycles. The van der Waals surface area contributed by atoms with Crippen LogP contribution in [0.3, 0.4) is 0 Å². The second-order valence-electron chi connectivity index (χ2n) is 7.52. The number of rotatable bonds is 5. The molecule has 1 fully saturated rings. The lowest BCUT2D eigenvalue weighted by Crippen LogP contribution is -2.56. The standard InChI is InChI=1S/C23H27N3O2/c1-16-15-25(12-13-26(16)18-8-10-19(28-3)11-9-18)17(2)23(27)21-14-24-22-7-5-4-6-20(21)22/h4-11,14,16-17,24H,12-13,15H2,1-3H3/t16-,17-/m1/s1. The second-order valence-corrected chi connectivity index (χ2v) is 7.52. The van der Waals surface area contributed by atoms with E-state index in [1.165, 1.54) is 5.69 Å². The Morgan fingerprint density at radius 1 is 1.14 bits per heavy atom. The van der Waals surface area contributed by atoms with Gasteiger partial charge in [-0.05, 0) is 44.2 Å². The SMILES string of the molecule is COc1ccc(N2CCN([C@H](C)C(=O)c3c[nH]c4ccccc34)C[C@H]2C)cc1. The molecule has 1 aliphatic rings. The Morgan fingerprint density at radius 2 is 1.89 bits per heavy atom. The average molecular weight is 377 g/mol.